The Morgan fingerprint density at radius 3 is 2.75 bits per heavy atom. The Morgan fingerprint density at radius 1 is 1.35 bits per heavy atom. The standard InChI is InChI=1S/C16H24N2S2/c1-3-4-5-14-6-7-15(13(2)12-14)17-16(19)18-8-10-20-11-9-18/h6-7,12H,3-5,8-11H2,1-2H3,(H,17,19). The van der Waals surface area contributed by atoms with E-state index in [1.807, 2.05) is 11.8 Å². The van der Waals surface area contributed by atoms with Crippen LogP contribution in [0.5, 0.6) is 0 Å². The molecule has 2 nitrogen and oxygen atoms in total. The average Bonchev–Trinajstić information content (AvgIpc) is 2.48. The molecule has 1 aromatic rings. The number of anilines is 1. The molecule has 0 bridgehead atoms. The van der Waals surface area contributed by atoms with Crippen molar-refractivity contribution in [2.75, 3.05) is 29.9 Å². The van der Waals surface area contributed by atoms with Crippen LogP contribution in [0.1, 0.15) is 30.9 Å². The van der Waals surface area contributed by atoms with Crippen molar-refractivity contribution in [3.8, 4) is 0 Å². The summed E-state index contributed by atoms with van der Waals surface area (Å²) in [5.74, 6) is 2.35. The number of benzene rings is 1. The Labute approximate surface area is 132 Å². The van der Waals surface area contributed by atoms with Gasteiger partial charge in [0.15, 0.2) is 5.11 Å². The normalized spacial score (nSPS) is 15.2. The lowest BCUT2D eigenvalue weighted by Crippen LogP contribution is -2.40. The first kappa shape index (κ1) is 15.6. The van der Waals surface area contributed by atoms with Crippen LogP contribution in [0.2, 0.25) is 0 Å². The molecule has 20 heavy (non-hydrogen) atoms. The Kier molecular flexibility index (Phi) is 6.17. The summed E-state index contributed by atoms with van der Waals surface area (Å²) in [6.45, 7) is 6.51. The summed E-state index contributed by atoms with van der Waals surface area (Å²) < 4.78 is 0. The van der Waals surface area contributed by atoms with Gasteiger partial charge in [0.1, 0.15) is 0 Å². The van der Waals surface area contributed by atoms with Gasteiger partial charge in [-0.15, -0.1) is 0 Å². The summed E-state index contributed by atoms with van der Waals surface area (Å²) in [6, 6.07) is 6.68. The highest BCUT2D eigenvalue weighted by Crippen LogP contribution is 2.19. The smallest absolute Gasteiger partial charge is 0.173 e. The van der Waals surface area contributed by atoms with E-state index in [4.69, 9.17) is 12.2 Å². The number of hydrogen-bond donors (Lipinski definition) is 1. The van der Waals surface area contributed by atoms with E-state index in [1.54, 1.807) is 0 Å². The van der Waals surface area contributed by atoms with Gasteiger partial charge in [-0.25, -0.2) is 0 Å². The molecule has 0 saturated carbocycles. The number of thiocarbonyl (C=S) groups is 1. The topological polar surface area (TPSA) is 15.3 Å². The summed E-state index contributed by atoms with van der Waals surface area (Å²) in [7, 11) is 0. The first-order valence-electron chi connectivity index (χ1n) is 7.44. The number of rotatable bonds is 4. The first-order chi connectivity index (χ1) is 9.70. The summed E-state index contributed by atoms with van der Waals surface area (Å²) in [5.41, 5.74) is 3.86. The second-order valence-corrected chi connectivity index (χ2v) is 6.89. The lowest BCUT2D eigenvalue weighted by atomic mass is 10.0. The van der Waals surface area contributed by atoms with Gasteiger partial charge in [-0.1, -0.05) is 25.5 Å². The number of nitrogens with zero attached hydrogens (tertiary/aromatic N) is 1. The van der Waals surface area contributed by atoms with Gasteiger partial charge < -0.3 is 10.2 Å². The Bertz CT molecular complexity index is 454. The molecular weight excluding hydrogens is 284 g/mol. The Morgan fingerprint density at radius 2 is 2.10 bits per heavy atom. The van der Waals surface area contributed by atoms with Gasteiger partial charge in [0.25, 0.3) is 0 Å². The maximum Gasteiger partial charge on any atom is 0.173 e. The van der Waals surface area contributed by atoms with E-state index in [0.717, 1.165) is 23.9 Å². The van der Waals surface area contributed by atoms with Crippen LogP contribution in [0.25, 0.3) is 0 Å². The molecule has 0 atom stereocenters. The third-order valence-electron chi connectivity index (χ3n) is 3.65. The fourth-order valence-corrected chi connectivity index (χ4v) is 3.56. The molecule has 1 aliphatic rings. The maximum atomic E-state index is 5.52. The van der Waals surface area contributed by atoms with Crippen molar-refractivity contribution in [2.45, 2.75) is 33.1 Å². The number of hydrogen-bond acceptors (Lipinski definition) is 2. The third kappa shape index (κ3) is 4.38. The summed E-state index contributed by atoms with van der Waals surface area (Å²) in [4.78, 5) is 2.27. The van der Waals surface area contributed by atoms with E-state index in [-0.39, 0.29) is 0 Å². The molecule has 1 fully saturated rings. The Hall–Kier alpha value is -0.740. The minimum absolute atomic E-state index is 0.870. The van der Waals surface area contributed by atoms with E-state index in [1.165, 1.54) is 41.9 Å². The highest BCUT2D eigenvalue weighted by molar-refractivity contribution is 7.99. The fraction of sp³-hybridized carbons (Fsp3) is 0.562. The molecule has 2 rings (SSSR count). The molecule has 1 saturated heterocycles. The van der Waals surface area contributed by atoms with Crippen molar-refractivity contribution in [3.05, 3.63) is 29.3 Å². The van der Waals surface area contributed by atoms with Crippen molar-refractivity contribution in [1.82, 2.24) is 4.90 Å². The molecule has 4 heteroatoms. The number of unbranched alkanes of at least 4 members (excludes halogenated alkanes) is 1. The lowest BCUT2D eigenvalue weighted by molar-refractivity contribution is 0.470. The zero-order valence-corrected chi connectivity index (χ0v) is 14.1. The van der Waals surface area contributed by atoms with Gasteiger partial charge in [0.2, 0.25) is 0 Å². The second-order valence-electron chi connectivity index (χ2n) is 5.28. The van der Waals surface area contributed by atoms with E-state index in [9.17, 15) is 0 Å². The minimum atomic E-state index is 0.870. The van der Waals surface area contributed by atoms with Crippen molar-refractivity contribution in [1.29, 1.82) is 0 Å². The molecule has 0 aromatic heterocycles. The molecule has 0 unspecified atom stereocenters. The SMILES string of the molecule is CCCCc1ccc(NC(=S)N2CCSCC2)c(C)c1. The van der Waals surface area contributed by atoms with Crippen LogP contribution in [-0.2, 0) is 6.42 Å². The average molecular weight is 309 g/mol. The minimum Gasteiger partial charge on any atom is -0.347 e. The van der Waals surface area contributed by atoms with Gasteiger partial charge in [-0.2, -0.15) is 11.8 Å². The van der Waals surface area contributed by atoms with Crippen LogP contribution in [-0.4, -0.2) is 34.6 Å². The summed E-state index contributed by atoms with van der Waals surface area (Å²) in [6.07, 6.45) is 3.68. The van der Waals surface area contributed by atoms with Crippen LogP contribution in [0, 0.1) is 6.92 Å². The van der Waals surface area contributed by atoms with Crippen molar-refractivity contribution in [3.63, 3.8) is 0 Å². The van der Waals surface area contributed by atoms with Crippen molar-refractivity contribution in [2.24, 2.45) is 0 Å². The predicted octanol–water partition coefficient (Wildman–Crippen LogP) is 4.08. The molecule has 1 heterocycles. The van der Waals surface area contributed by atoms with Crippen LogP contribution in [0.3, 0.4) is 0 Å². The van der Waals surface area contributed by atoms with E-state index in [0.29, 0.717) is 0 Å². The zero-order chi connectivity index (χ0) is 14.4. The largest absolute Gasteiger partial charge is 0.347 e. The summed E-state index contributed by atoms with van der Waals surface area (Å²) in [5, 5.41) is 4.28. The van der Waals surface area contributed by atoms with Gasteiger partial charge >= 0.3 is 0 Å². The quantitative estimate of drug-likeness (QED) is 0.843. The summed E-state index contributed by atoms with van der Waals surface area (Å²) >= 11 is 7.53. The molecule has 110 valence electrons. The molecule has 1 aromatic carbocycles. The van der Waals surface area contributed by atoms with E-state index >= 15 is 0 Å². The molecule has 1 N–H and O–H groups in total. The first-order valence-corrected chi connectivity index (χ1v) is 9.00. The lowest BCUT2D eigenvalue weighted by Gasteiger charge is -2.29. The monoisotopic (exact) mass is 308 g/mol. The van der Waals surface area contributed by atoms with Crippen LogP contribution < -0.4 is 5.32 Å². The van der Waals surface area contributed by atoms with Crippen molar-refractivity contribution < 1.29 is 0 Å². The second kappa shape index (κ2) is 7.89. The van der Waals surface area contributed by atoms with Gasteiger partial charge in [0, 0.05) is 30.3 Å². The van der Waals surface area contributed by atoms with Crippen molar-refractivity contribution >= 4 is 34.8 Å². The third-order valence-corrected chi connectivity index (χ3v) is 4.95. The predicted molar refractivity (Wildman–Crippen MR) is 94.9 cm³/mol. The van der Waals surface area contributed by atoms with Gasteiger partial charge in [-0.3, -0.25) is 0 Å². The zero-order valence-electron chi connectivity index (χ0n) is 12.4. The van der Waals surface area contributed by atoms with Crippen LogP contribution in [0.4, 0.5) is 5.69 Å². The van der Waals surface area contributed by atoms with E-state index in [2.05, 4.69) is 42.3 Å². The Balaban J connectivity index is 1.96. The van der Waals surface area contributed by atoms with Gasteiger partial charge in [-0.05, 0) is 49.2 Å². The van der Waals surface area contributed by atoms with Crippen LogP contribution in [0.15, 0.2) is 18.2 Å². The van der Waals surface area contributed by atoms with Gasteiger partial charge in [0.05, 0.1) is 0 Å². The fourth-order valence-electron chi connectivity index (χ4n) is 2.36. The highest BCUT2D eigenvalue weighted by Gasteiger charge is 2.14. The maximum absolute atomic E-state index is 5.52. The molecule has 0 radical (unpaired) electrons. The van der Waals surface area contributed by atoms with E-state index < -0.39 is 0 Å². The molecular formula is C16H24N2S2. The molecule has 0 aliphatic carbocycles. The number of thioether (sulfide) groups is 1. The molecule has 0 amide bonds. The highest BCUT2D eigenvalue weighted by atomic mass is 32.2. The number of nitrogens with one attached hydrogen (secondary N) is 1. The number of aryl methyl sites for hydroxylation is 2. The van der Waals surface area contributed by atoms with Crippen LogP contribution >= 0.6 is 24.0 Å². The molecule has 1 aliphatic heterocycles. The molecule has 0 spiro atoms.